The third-order valence-corrected chi connectivity index (χ3v) is 3.45. The second-order valence-electron chi connectivity index (χ2n) is 5.52. The monoisotopic (exact) mass is 280 g/mol. The maximum absolute atomic E-state index is 11.9. The minimum Gasteiger partial charge on any atom is -0.495 e. The Bertz CT molecular complexity index is 470. The molecule has 0 radical (unpaired) electrons. The number of amides is 2. The number of urea groups is 1. The normalized spacial score (nSPS) is 13.8. The van der Waals surface area contributed by atoms with Crippen molar-refractivity contribution in [1.29, 1.82) is 0 Å². The van der Waals surface area contributed by atoms with E-state index in [-0.39, 0.29) is 18.5 Å². The van der Waals surface area contributed by atoms with Crippen molar-refractivity contribution in [3.8, 4) is 5.75 Å². The van der Waals surface area contributed by atoms with Crippen LogP contribution in [0.25, 0.3) is 0 Å². The van der Waals surface area contributed by atoms with Crippen LogP contribution in [0.5, 0.6) is 5.75 Å². The number of hydrogen-bond donors (Lipinski definition) is 3. The van der Waals surface area contributed by atoms with Crippen LogP contribution in [0.3, 0.4) is 0 Å². The van der Waals surface area contributed by atoms with E-state index in [2.05, 4.69) is 10.6 Å². The molecule has 0 heterocycles. The number of nitrogens with one attached hydrogen (secondary N) is 2. The molecule has 0 saturated heterocycles. The lowest BCUT2D eigenvalue weighted by molar-refractivity contribution is 0.0170. The minimum atomic E-state index is -0.936. The molecule has 112 valence electrons. The highest BCUT2D eigenvalue weighted by molar-refractivity contribution is 5.91. The number of anilines is 1. The molecule has 0 aromatic heterocycles. The Labute approximate surface area is 120 Å². The van der Waals surface area contributed by atoms with Crippen LogP contribution >= 0.6 is 0 Å². The summed E-state index contributed by atoms with van der Waals surface area (Å²) in [6.07, 6.45) is 0. The first-order valence-corrected chi connectivity index (χ1v) is 6.68. The van der Waals surface area contributed by atoms with E-state index in [0.29, 0.717) is 11.4 Å². The van der Waals surface area contributed by atoms with Crippen molar-refractivity contribution < 1.29 is 14.6 Å². The van der Waals surface area contributed by atoms with E-state index in [1.165, 1.54) is 0 Å². The van der Waals surface area contributed by atoms with Crippen molar-refractivity contribution in [3.05, 3.63) is 23.8 Å². The predicted octanol–water partition coefficient (Wildman–Crippen LogP) is 2.53. The number of benzene rings is 1. The molecule has 3 N–H and O–H groups in total. The lowest BCUT2D eigenvalue weighted by Gasteiger charge is -2.27. The first-order chi connectivity index (χ1) is 9.26. The summed E-state index contributed by atoms with van der Waals surface area (Å²) in [5.41, 5.74) is 0.693. The molecule has 0 saturated carbocycles. The fraction of sp³-hybridized carbons (Fsp3) is 0.533. The average Bonchev–Trinajstić information content (AvgIpc) is 2.36. The summed E-state index contributed by atoms with van der Waals surface area (Å²) < 4.78 is 5.19. The molecule has 20 heavy (non-hydrogen) atoms. The molecular formula is C15H24N2O3. The van der Waals surface area contributed by atoms with Gasteiger partial charge in [-0.2, -0.15) is 0 Å². The smallest absolute Gasteiger partial charge is 0.319 e. The zero-order valence-electron chi connectivity index (χ0n) is 12.8. The van der Waals surface area contributed by atoms with Crippen LogP contribution < -0.4 is 15.4 Å². The zero-order valence-corrected chi connectivity index (χ0v) is 12.8. The van der Waals surface area contributed by atoms with E-state index in [0.717, 1.165) is 5.56 Å². The molecule has 1 aromatic carbocycles. The van der Waals surface area contributed by atoms with Gasteiger partial charge >= 0.3 is 6.03 Å². The predicted molar refractivity (Wildman–Crippen MR) is 80.2 cm³/mol. The molecule has 5 nitrogen and oxygen atoms in total. The zero-order chi connectivity index (χ0) is 15.3. The van der Waals surface area contributed by atoms with Crippen LogP contribution in [0.4, 0.5) is 10.5 Å². The fourth-order valence-electron chi connectivity index (χ4n) is 1.55. The van der Waals surface area contributed by atoms with E-state index < -0.39 is 5.60 Å². The Kier molecular flexibility index (Phi) is 5.39. The number of aliphatic hydroxyl groups is 1. The summed E-state index contributed by atoms with van der Waals surface area (Å²) in [6, 6.07) is 5.18. The first-order valence-electron chi connectivity index (χ1n) is 6.68. The molecule has 1 rings (SSSR count). The number of hydrogen-bond acceptors (Lipinski definition) is 3. The molecule has 0 spiro atoms. The summed E-state index contributed by atoms with van der Waals surface area (Å²) in [5.74, 6) is 0.651. The standard InChI is InChI=1S/C15H24N2O3/c1-10(2)15(4,19)9-16-14(18)17-12-8-11(3)6-7-13(12)20-5/h6-8,10,19H,9H2,1-5H3,(H2,16,17,18). The summed E-state index contributed by atoms with van der Waals surface area (Å²) in [4.78, 5) is 11.9. The highest BCUT2D eigenvalue weighted by Gasteiger charge is 2.25. The lowest BCUT2D eigenvalue weighted by atomic mass is 9.93. The molecule has 0 aliphatic heterocycles. The summed E-state index contributed by atoms with van der Waals surface area (Å²) >= 11 is 0. The van der Waals surface area contributed by atoms with E-state index in [1.54, 1.807) is 20.1 Å². The number of ether oxygens (including phenoxy) is 1. The molecule has 1 unspecified atom stereocenters. The third kappa shape index (κ3) is 4.42. The number of carbonyl (C=O) groups excluding carboxylic acids is 1. The van der Waals surface area contributed by atoms with Gasteiger partial charge in [-0.05, 0) is 37.5 Å². The fourth-order valence-corrected chi connectivity index (χ4v) is 1.55. The molecule has 1 atom stereocenters. The van der Waals surface area contributed by atoms with Crippen molar-refractivity contribution in [2.75, 3.05) is 19.0 Å². The molecule has 0 bridgehead atoms. The molecular weight excluding hydrogens is 256 g/mol. The van der Waals surface area contributed by atoms with Crippen molar-refractivity contribution in [2.45, 2.75) is 33.3 Å². The molecule has 2 amide bonds. The first kappa shape index (κ1) is 16.3. The van der Waals surface area contributed by atoms with Gasteiger partial charge in [-0.1, -0.05) is 19.9 Å². The van der Waals surface area contributed by atoms with Crippen LogP contribution in [0.15, 0.2) is 18.2 Å². The quantitative estimate of drug-likeness (QED) is 0.776. The molecule has 5 heteroatoms. The number of carbonyl (C=O) groups is 1. The van der Waals surface area contributed by atoms with Gasteiger partial charge in [0.25, 0.3) is 0 Å². The van der Waals surface area contributed by atoms with Crippen LogP contribution in [-0.2, 0) is 0 Å². The summed E-state index contributed by atoms with van der Waals surface area (Å²) in [5, 5.41) is 15.5. The number of rotatable bonds is 5. The number of methoxy groups -OCH3 is 1. The Balaban J connectivity index is 2.65. The second kappa shape index (κ2) is 6.61. The van der Waals surface area contributed by atoms with Gasteiger partial charge in [-0.3, -0.25) is 0 Å². The Hall–Kier alpha value is -1.75. The topological polar surface area (TPSA) is 70.6 Å². The SMILES string of the molecule is COc1ccc(C)cc1NC(=O)NCC(C)(O)C(C)C. The Morgan fingerprint density at radius 1 is 1.45 bits per heavy atom. The second-order valence-corrected chi connectivity index (χ2v) is 5.52. The van der Waals surface area contributed by atoms with Gasteiger partial charge in [-0.15, -0.1) is 0 Å². The van der Waals surface area contributed by atoms with Crippen molar-refractivity contribution >= 4 is 11.7 Å². The van der Waals surface area contributed by atoms with Gasteiger partial charge in [-0.25, -0.2) is 4.79 Å². The Morgan fingerprint density at radius 3 is 2.65 bits per heavy atom. The number of aryl methyl sites for hydroxylation is 1. The highest BCUT2D eigenvalue weighted by Crippen LogP contribution is 2.25. The van der Waals surface area contributed by atoms with Crippen LogP contribution in [-0.4, -0.2) is 30.4 Å². The van der Waals surface area contributed by atoms with Crippen molar-refractivity contribution in [2.24, 2.45) is 5.92 Å². The summed E-state index contributed by atoms with van der Waals surface area (Å²) in [6.45, 7) is 7.63. The van der Waals surface area contributed by atoms with Crippen LogP contribution in [0, 0.1) is 12.8 Å². The van der Waals surface area contributed by atoms with Gasteiger partial charge in [0.2, 0.25) is 0 Å². The van der Waals surface area contributed by atoms with Crippen molar-refractivity contribution in [3.63, 3.8) is 0 Å². The lowest BCUT2D eigenvalue weighted by Crippen LogP contribution is -2.45. The largest absolute Gasteiger partial charge is 0.495 e. The van der Waals surface area contributed by atoms with Gasteiger partial charge in [0, 0.05) is 6.54 Å². The molecule has 0 aliphatic carbocycles. The van der Waals surface area contributed by atoms with Crippen LogP contribution in [0.2, 0.25) is 0 Å². The van der Waals surface area contributed by atoms with E-state index in [1.807, 2.05) is 32.9 Å². The molecule has 0 fully saturated rings. The van der Waals surface area contributed by atoms with Crippen LogP contribution in [0.1, 0.15) is 26.3 Å². The van der Waals surface area contributed by atoms with E-state index in [4.69, 9.17) is 4.74 Å². The van der Waals surface area contributed by atoms with Gasteiger partial charge < -0.3 is 20.5 Å². The third-order valence-electron chi connectivity index (χ3n) is 3.45. The van der Waals surface area contributed by atoms with Gasteiger partial charge in [0.1, 0.15) is 5.75 Å². The highest BCUT2D eigenvalue weighted by atomic mass is 16.5. The maximum Gasteiger partial charge on any atom is 0.319 e. The van der Waals surface area contributed by atoms with Gasteiger partial charge in [0.05, 0.1) is 18.4 Å². The molecule has 1 aromatic rings. The molecule has 0 aliphatic rings. The van der Waals surface area contributed by atoms with E-state index in [9.17, 15) is 9.90 Å². The Morgan fingerprint density at radius 2 is 2.10 bits per heavy atom. The van der Waals surface area contributed by atoms with Crippen molar-refractivity contribution in [1.82, 2.24) is 5.32 Å². The average molecular weight is 280 g/mol. The minimum absolute atomic E-state index is 0.0521. The van der Waals surface area contributed by atoms with Gasteiger partial charge in [0.15, 0.2) is 0 Å². The maximum atomic E-state index is 11.9. The summed E-state index contributed by atoms with van der Waals surface area (Å²) in [7, 11) is 1.55. The van der Waals surface area contributed by atoms with E-state index >= 15 is 0 Å².